The van der Waals surface area contributed by atoms with Crippen molar-refractivity contribution in [1.82, 2.24) is 4.98 Å². The molecule has 1 aliphatic heterocycles. The monoisotopic (exact) mass is 239 g/mol. The van der Waals surface area contributed by atoms with Crippen LogP contribution in [0.15, 0.2) is 12.1 Å². The van der Waals surface area contributed by atoms with Gasteiger partial charge in [-0.3, -0.25) is 0 Å². The topological polar surface area (TPSA) is 77.7 Å². The van der Waals surface area contributed by atoms with Gasteiger partial charge in [0.05, 0.1) is 20.3 Å². The Morgan fingerprint density at radius 3 is 2.76 bits per heavy atom. The fraction of sp³-hybridized carbons (Fsp3) is 0.500. The Bertz CT molecular complexity index is 418. The van der Waals surface area contributed by atoms with Crippen LogP contribution in [0.25, 0.3) is 0 Å². The number of aromatic nitrogens is 1. The Hall–Kier alpha value is -1.89. The maximum atomic E-state index is 10.7. The number of morpholine rings is 1. The molecule has 0 bridgehead atoms. The molecule has 0 aliphatic carbocycles. The molecule has 0 spiro atoms. The van der Waals surface area contributed by atoms with Crippen molar-refractivity contribution in [2.45, 2.75) is 0 Å². The van der Waals surface area contributed by atoms with Gasteiger partial charge in [0, 0.05) is 19.2 Å². The highest BCUT2D eigenvalue weighted by atomic mass is 16.6. The predicted molar refractivity (Wildman–Crippen MR) is 60.5 cm³/mol. The van der Waals surface area contributed by atoms with Gasteiger partial charge in [0.2, 0.25) is 0 Å². The molecule has 1 aliphatic rings. The van der Waals surface area contributed by atoms with Crippen LogP contribution in [0.4, 0.5) is 11.6 Å². The number of nitrogens with zero attached hydrogens (tertiary/aromatic N) is 3. The Morgan fingerprint density at radius 1 is 1.47 bits per heavy atom. The largest absolute Gasteiger partial charge is 0.491 e. The number of rotatable bonds is 3. The Balaban J connectivity index is 2.34. The summed E-state index contributed by atoms with van der Waals surface area (Å²) in [7, 11) is 1.52. The van der Waals surface area contributed by atoms with Crippen molar-refractivity contribution < 1.29 is 14.4 Å². The first-order valence-corrected chi connectivity index (χ1v) is 5.24. The number of ether oxygens (including phenoxy) is 2. The lowest BCUT2D eigenvalue weighted by Gasteiger charge is -2.26. The van der Waals surface area contributed by atoms with Crippen LogP contribution in [-0.4, -0.2) is 43.3 Å². The lowest BCUT2D eigenvalue weighted by atomic mass is 10.3. The molecule has 1 fully saturated rings. The van der Waals surface area contributed by atoms with E-state index < -0.39 is 4.92 Å². The summed E-state index contributed by atoms with van der Waals surface area (Å²) in [5.41, 5.74) is 0. The van der Waals surface area contributed by atoms with Crippen LogP contribution in [0.1, 0.15) is 0 Å². The molecule has 92 valence electrons. The first-order chi connectivity index (χ1) is 8.22. The zero-order valence-electron chi connectivity index (χ0n) is 9.46. The van der Waals surface area contributed by atoms with Crippen LogP contribution in [0, 0.1) is 10.1 Å². The second-order valence-electron chi connectivity index (χ2n) is 3.55. The van der Waals surface area contributed by atoms with E-state index >= 15 is 0 Å². The molecular weight excluding hydrogens is 226 g/mol. The molecule has 0 atom stereocenters. The maximum absolute atomic E-state index is 10.7. The van der Waals surface area contributed by atoms with Crippen molar-refractivity contribution in [2.75, 3.05) is 38.3 Å². The van der Waals surface area contributed by atoms with Crippen LogP contribution in [0.5, 0.6) is 5.75 Å². The molecule has 1 aromatic heterocycles. The van der Waals surface area contributed by atoms with E-state index in [1.54, 1.807) is 6.07 Å². The highest BCUT2D eigenvalue weighted by Gasteiger charge is 2.23. The lowest BCUT2D eigenvalue weighted by molar-refractivity contribution is -0.389. The third-order valence-corrected chi connectivity index (χ3v) is 2.54. The minimum atomic E-state index is -0.511. The van der Waals surface area contributed by atoms with Crippen LogP contribution in [0.2, 0.25) is 0 Å². The van der Waals surface area contributed by atoms with Crippen LogP contribution < -0.4 is 9.64 Å². The van der Waals surface area contributed by atoms with Gasteiger partial charge in [-0.15, -0.1) is 0 Å². The molecular formula is C10H13N3O4. The first-order valence-electron chi connectivity index (χ1n) is 5.24. The molecule has 17 heavy (non-hydrogen) atoms. The second kappa shape index (κ2) is 4.96. The van der Waals surface area contributed by atoms with Gasteiger partial charge in [0.1, 0.15) is 0 Å². The Morgan fingerprint density at radius 2 is 2.18 bits per heavy atom. The summed E-state index contributed by atoms with van der Waals surface area (Å²) in [5.74, 6) is 0.870. The van der Waals surface area contributed by atoms with Gasteiger partial charge in [0.15, 0.2) is 5.75 Å². The van der Waals surface area contributed by atoms with E-state index in [-0.39, 0.29) is 5.82 Å². The number of nitro groups is 1. The third-order valence-electron chi connectivity index (χ3n) is 2.54. The van der Waals surface area contributed by atoms with Gasteiger partial charge in [0.25, 0.3) is 5.82 Å². The average molecular weight is 239 g/mol. The van der Waals surface area contributed by atoms with Crippen LogP contribution in [0.3, 0.4) is 0 Å². The van der Waals surface area contributed by atoms with E-state index in [2.05, 4.69) is 4.98 Å². The van der Waals surface area contributed by atoms with E-state index in [1.165, 1.54) is 13.2 Å². The quantitative estimate of drug-likeness (QED) is 0.574. The molecule has 0 amide bonds. The number of anilines is 1. The standard InChI is InChI=1S/C10H13N3O4/c1-16-8-2-3-9(13(14)15)11-10(8)12-4-6-17-7-5-12/h2-3H,4-7H2,1H3. The summed E-state index contributed by atoms with van der Waals surface area (Å²) in [6, 6.07) is 2.90. The van der Waals surface area contributed by atoms with Gasteiger partial charge in [-0.05, 0) is 16.0 Å². The van der Waals surface area contributed by atoms with Gasteiger partial charge in [-0.25, -0.2) is 0 Å². The minimum Gasteiger partial charge on any atom is -0.491 e. The molecule has 7 heteroatoms. The molecule has 2 heterocycles. The summed E-state index contributed by atoms with van der Waals surface area (Å²) in [6.45, 7) is 2.50. The zero-order chi connectivity index (χ0) is 12.3. The van der Waals surface area contributed by atoms with E-state index in [4.69, 9.17) is 9.47 Å². The van der Waals surface area contributed by atoms with Crippen LogP contribution in [-0.2, 0) is 4.74 Å². The van der Waals surface area contributed by atoms with E-state index in [9.17, 15) is 10.1 Å². The van der Waals surface area contributed by atoms with Gasteiger partial charge in [-0.2, -0.15) is 0 Å². The molecule has 0 unspecified atom stereocenters. The third kappa shape index (κ3) is 2.44. The molecule has 1 saturated heterocycles. The van der Waals surface area contributed by atoms with Crippen molar-refractivity contribution in [1.29, 1.82) is 0 Å². The molecule has 1 aromatic rings. The van der Waals surface area contributed by atoms with Crippen molar-refractivity contribution in [3.05, 3.63) is 22.2 Å². The van der Waals surface area contributed by atoms with E-state index in [1.807, 2.05) is 4.90 Å². The summed E-state index contributed by atoms with van der Waals surface area (Å²) < 4.78 is 10.4. The summed E-state index contributed by atoms with van der Waals surface area (Å²) in [5, 5.41) is 10.7. The van der Waals surface area contributed by atoms with Gasteiger partial charge < -0.3 is 24.5 Å². The van der Waals surface area contributed by atoms with Crippen molar-refractivity contribution >= 4 is 11.6 Å². The average Bonchev–Trinajstić information content (AvgIpc) is 2.39. The molecule has 0 saturated carbocycles. The number of hydrogen-bond donors (Lipinski definition) is 0. The molecule has 2 rings (SSSR count). The fourth-order valence-corrected chi connectivity index (χ4v) is 1.69. The van der Waals surface area contributed by atoms with E-state index in [0.29, 0.717) is 37.9 Å². The normalized spacial score (nSPS) is 15.7. The highest BCUT2D eigenvalue weighted by molar-refractivity contribution is 5.55. The van der Waals surface area contributed by atoms with Crippen LogP contribution >= 0.6 is 0 Å². The van der Waals surface area contributed by atoms with Crippen molar-refractivity contribution in [3.63, 3.8) is 0 Å². The highest BCUT2D eigenvalue weighted by Crippen LogP contribution is 2.28. The van der Waals surface area contributed by atoms with Gasteiger partial charge in [-0.1, -0.05) is 0 Å². The first kappa shape index (κ1) is 11.6. The molecule has 0 aromatic carbocycles. The van der Waals surface area contributed by atoms with Crippen molar-refractivity contribution in [2.24, 2.45) is 0 Å². The smallest absolute Gasteiger partial charge is 0.366 e. The SMILES string of the molecule is COc1ccc([N+](=O)[O-])nc1N1CCOCC1. The van der Waals surface area contributed by atoms with Crippen molar-refractivity contribution in [3.8, 4) is 5.75 Å². The minimum absolute atomic E-state index is 0.174. The molecule has 7 nitrogen and oxygen atoms in total. The summed E-state index contributed by atoms with van der Waals surface area (Å²) >= 11 is 0. The Labute approximate surface area is 98.1 Å². The lowest BCUT2D eigenvalue weighted by Crippen LogP contribution is -2.37. The number of hydrogen-bond acceptors (Lipinski definition) is 6. The molecule has 0 N–H and O–H groups in total. The predicted octanol–water partition coefficient (Wildman–Crippen LogP) is 0.835. The molecule has 0 radical (unpaired) electrons. The maximum Gasteiger partial charge on any atom is 0.366 e. The number of methoxy groups -OCH3 is 1. The summed E-state index contributed by atoms with van der Waals surface area (Å²) in [6.07, 6.45) is 0. The Kier molecular flexibility index (Phi) is 3.38. The fourth-order valence-electron chi connectivity index (χ4n) is 1.69. The zero-order valence-corrected chi connectivity index (χ0v) is 9.46. The second-order valence-corrected chi connectivity index (χ2v) is 3.55. The van der Waals surface area contributed by atoms with Gasteiger partial charge >= 0.3 is 5.82 Å². The number of pyridine rings is 1. The van der Waals surface area contributed by atoms with E-state index in [0.717, 1.165) is 0 Å². The summed E-state index contributed by atoms with van der Waals surface area (Å²) in [4.78, 5) is 16.1.